The van der Waals surface area contributed by atoms with E-state index in [-0.39, 0.29) is 28.6 Å². The number of ketones is 1. The molecule has 0 unspecified atom stereocenters. The van der Waals surface area contributed by atoms with Crippen molar-refractivity contribution in [1.29, 1.82) is 0 Å². The van der Waals surface area contributed by atoms with Crippen molar-refractivity contribution in [1.82, 2.24) is 9.55 Å². The third kappa shape index (κ3) is 3.68. The first kappa shape index (κ1) is 19.0. The smallest absolute Gasteiger partial charge is 0.204 e. The molecule has 7 heteroatoms. The molecule has 0 aliphatic heterocycles. The quantitative estimate of drug-likeness (QED) is 0.499. The van der Waals surface area contributed by atoms with E-state index in [1.807, 2.05) is 35.0 Å². The van der Waals surface area contributed by atoms with E-state index in [2.05, 4.69) is 4.98 Å². The molecule has 0 fully saturated rings. The largest absolute Gasteiger partial charge is 0.507 e. The number of aromatic hydroxyl groups is 1. The Balaban J connectivity index is 1.88. The van der Waals surface area contributed by atoms with Crippen molar-refractivity contribution in [3.8, 4) is 28.7 Å². The van der Waals surface area contributed by atoms with E-state index in [1.165, 1.54) is 33.5 Å². The lowest BCUT2D eigenvalue weighted by Crippen LogP contribution is -2.03. The Hall–Kier alpha value is -3.74. The Morgan fingerprint density at radius 3 is 2.36 bits per heavy atom. The molecule has 0 bridgehead atoms. The van der Waals surface area contributed by atoms with E-state index >= 15 is 0 Å². The fraction of sp³-hybridized carbons (Fsp3) is 0.143. The van der Waals surface area contributed by atoms with Crippen LogP contribution in [0.25, 0.3) is 11.8 Å². The lowest BCUT2D eigenvalue weighted by atomic mass is 10.0. The number of aromatic nitrogens is 2. The van der Waals surface area contributed by atoms with Gasteiger partial charge in [0.25, 0.3) is 0 Å². The normalized spacial score (nSPS) is 10.8. The molecule has 1 heterocycles. The summed E-state index contributed by atoms with van der Waals surface area (Å²) >= 11 is 0. The van der Waals surface area contributed by atoms with Crippen LogP contribution in [-0.4, -0.2) is 41.8 Å². The van der Waals surface area contributed by atoms with Crippen LogP contribution in [0.2, 0.25) is 0 Å². The lowest BCUT2D eigenvalue weighted by Gasteiger charge is -2.15. The average Bonchev–Trinajstić information content (AvgIpc) is 3.26. The number of carbonyl (C=O) groups excluding carboxylic acids is 1. The lowest BCUT2D eigenvalue weighted by molar-refractivity contribution is 0.104. The van der Waals surface area contributed by atoms with Gasteiger partial charge in [-0.15, -0.1) is 0 Å². The van der Waals surface area contributed by atoms with Crippen LogP contribution in [0.15, 0.2) is 55.1 Å². The second-order valence-electron chi connectivity index (χ2n) is 5.80. The van der Waals surface area contributed by atoms with E-state index in [0.717, 1.165) is 11.3 Å². The van der Waals surface area contributed by atoms with Crippen molar-refractivity contribution in [3.63, 3.8) is 0 Å². The number of ether oxygens (including phenoxy) is 3. The number of rotatable bonds is 7. The molecule has 1 N–H and O–H groups in total. The van der Waals surface area contributed by atoms with Crippen molar-refractivity contribution >= 4 is 11.9 Å². The predicted molar refractivity (Wildman–Crippen MR) is 105 cm³/mol. The minimum absolute atomic E-state index is 0.00596. The van der Waals surface area contributed by atoms with Gasteiger partial charge in [-0.25, -0.2) is 4.98 Å². The van der Waals surface area contributed by atoms with Gasteiger partial charge in [0, 0.05) is 24.1 Å². The number of allylic oxidation sites excluding steroid dienone is 1. The molecule has 0 atom stereocenters. The summed E-state index contributed by atoms with van der Waals surface area (Å²) in [7, 11) is 4.26. The van der Waals surface area contributed by atoms with Gasteiger partial charge in [-0.3, -0.25) is 4.79 Å². The van der Waals surface area contributed by atoms with Crippen molar-refractivity contribution in [2.24, 2.45) is 0 Å². The molecular formula is C21H20N2O5. The second-order valence-corrected chi connectivity index (χ2v) is 5.80. The highest BCUT2D eigenvalue weighted by molar-refractivity contribution is 6.11. The maximum atomic E-state index is 12.7. The zero-order chi connectivity index (χ0) is 20.1. The zero-order valence-electron chi connectivity index (χ0n) is 15.7. The summed E-state index contributed by atoms with van der Waals surface area (Å²) in [5.41, 5.74) is 1.79. The summed E-state index contributed by atoms with van der Waals surface area (Å²) in [6.07, 6.45) is 8.29. The molecule has 0 aliphatic rings. The molecule has 0 saturated heterocycles. The third-order valence-corrected chi connectivity index (χ3v) is 4.18. The number of hydrogen-bond acceptors (Lipinski definition) is 6. The molecule has 144 valence electrons. The van der Waals surface area contributed by atoms with Gasteiger partial charge in [-0.2, -0.15) is 0 Å². The first-order valence-corrected chi connectivity index (χ1v) is 8.41. The Morgan fingerprint density at radius 2 is 1.79 bits per heavy atom. The molecule has 28 heavy (non-hydrogen) atoms. The molecule has 0 radical (unpaired) electrons. The molecule has 2 aromatic carbocycles. The summed E-state index contributed by atoms with van der Waals surface area (Å²) in [6.45, 7) is 0. The number of phenols is 1. The molecule has 0 saturated carbocycles. The van der Waals surface area contributed by atoms with Crippen LogP contribution in [0.4, 0.5) is 0 Å². The van der Waals surface area contributed by atoms with Crippen molar-refractivity contribution in [2.45, 2.75) is 0 Å². The Labute approximate surface area is 162 Å². The monoisotopic (exact) mass is 380 g/mol. The first-order valence-electron chi connectivity index (χ1n) is 8.41. The summed E-state index contributed by atoms with van der Waals surface area (Å²) in [5, 5.41) is 10.3. The maximum absolute atomic E-state index is 12.7. The Morgan fingerprint density at radius 1 is 1.07 bits per heavy atom. The van der Waals surface area contributed by atoms with Gasteiger partial charge in [0.15, 0.2) is 17.3 Å². The van der Waals surface area contributed by atoms with Crippen LogP contribution in [0.5, 0.6) is 23.0 Å². The van der Waals surface area contributed by atoms with Gasteiger partial charge in [-0.05, 0) is 23.8 Å². The number of hydrogen-bond donors (Lipinski definition) is 1. The van der Waals surface area contributed by atoms with Gasteiger partial charge in [0.05, 0.1) is 27.7 Å². The van der Waals surface area contributed by atoms with Crippen LogP contribution in [0, 0.1) is 0 Å². The minimum atomic E-state index is -0.422. The number of phenolic OH excluding ortho intramolecular Hbond substituents is 1. The molecule has 3 rings (SSSR count). The van der Waals surface area contributed by atoms with Crippen LogP contribution < -0.4 is 14.2 Å². The summed E-state index contributed by atoms with van der Waals surface area (Å²) < 4.78 is 17.6. The highest BCUT2D eigenvalue weighted by Crippen LogP contribution is 2.44. The molecular weight excluding hydrogens is 360 g/mol. The van der Waals surface area contributed by atoms with Crippen molar-refractivity contribution < 1.29 is 24.1 Å². The maximum Gasteiger partial charge on any atom is 0.204 e. The average molecular weight is 380 g/mol. The van der Waals surface area contributed by atoms with E-state index in [1.54, 1.807) is 18.6 Å². The van der Waals surface area contributed by atoms with E-state index in [9.17, 15) is 9.90 Å². The van der Waals surface area contributed by atoms with Crippen LogP contribution in [0.1, 0.15) is 15.9 Å². The summed E-state index contributed by atoms with van der Waals surface area (Å²) in [5.74, 6) is -0.0465. The van der Waals surface area contributed by atoms with Gasteiger partial charge in [-0.1, -0.05) is 18.2 Å². The van der Waals surface area contributed by atoms with Gasteiger partial charge in [0.1, 0.15) is 11.3 Å². The van der Waals surface area contributed by atoms with Crippen LogP contribution in [-0.2, 0) is 0 Å². The fourth-order valence-corrected chi connectivity index (χ4v) is 2.81. The predicted octanol–water partition coefficient (Wildman–Crippen LogP) is 3.50. The number of carbonyl (C=O) groups is 1. The first-order chi connectivity index (χ1) is 13.6. The molecule has 7 nitrogen and oxygen atoms in total. The SMILES string of the molecule is COc1cc(O)c(C(=O)/C=C/c2ccc(-n3ccnc3)cc2)c(OC)c1OC. The molecule has 0 amide bonds. The summed E-state index contributed by atoms with van der Waals surface area (Å²) in [4.78, 5) is 16.7. The number of benzene rings is 2. The molecule has 3 aromatic rings. The van der Waals surface area contributed by atoms with Gasteiger partial charge >= 0.3 is 0 Å². The number of imidazole rings is 1. The molecule has 0 spiro atoms. The second kappa shape index (κ2) is 8.30. The Kier molecular flexibility index (Phi) is 5.64. The van der Waals surface area contributed by atoms with Crippen molar-refractivity contribution in [3.05, 3.63) is 66.3 Å². The highest BCUT2D eigenvalue weighted by Gasteiger charge is 2.24. The number of methoxy groups -OCH3 is 3. The minimum Gasteiger partial charge on any atom is -0.507 e. The zero-order valence-corrected chi connectivity index (χ0v) is 15.7. The van der Waals surface area contributed by atoms with E-state index in [4.69, 9.17) is 14.2 Å². The summed E-state index contributed by atoms with van der Waals surface area (Å²) in [6, 6.07) is 8.92. The molecule has 0 aliphatic carbocycles. The van der Waals surface area contributed by atoms with Crippen molar-refractivity contribution in [2.75, 3.05) is 21.3 Å². The standard InChI is InChI=1S/C21H20N2O5/c1-26-18-12-17(25)19(21(28-3)20(18)27-2)16(24)9-6-14-4-7-15(8-5-14)23-11-10-22-13-23/h4-13,25H,1-3H3/b9-6+. The number of nitrogens with zero attached hydrogens (tertiary/aromatic N) is 2. The van der Waals surface area contributed by atoms with Crippen LogP contribution in [0.3, 0.4) is 0 Å². The topological polar surface area (TPSA) is 82.8 Å². The highest BCUT2D eigenvalue weighted by atomic mass is 16.5. The Bertz CT molecular complexity index is 993. The van der Waals surface area contributed by atoms with Crippen LogP contribution >= 0.6 is 0 Å². The van der Waals surface area contributed by atoms with E-state index < -0.39 is 5.78 Å². The van der Waals surface area contributed by atoms with Gasteiger partial charge < -0.3 is 23.9 Å². The van der Waals surface area contributed by atoms with Gasteiger partial charge in [0.2, 0.25) is 5.75 Å². The third-order valence-electron chi connectivity index (χ3n) is 4.18. The fourth-order valence-electron chi connectivity index (χ4n) is 2.81. The molecule has 1 aromatic heterocycles. The van der Waals surface area contributed by atoms with E-state index in [0.29, 0.717) is 0 Å².